The number of carbonyl (C=O) groups is 2. The number of ether oxygens (including phenoxy) is 2. The van der Waals surface area contributed by atoms with Crippen molar-refractivity contribution in [3.05, 3.63) is 29.7 Å². The van der Waals surface area contributed by atoms with E-state index in [1.165, 1.54) is 37.2 Å². The van der Waals surface area contributed by atoms with Gasteiger partial charge < -0.3 is 14.8 Å². The highest BCUT2D eigenvalue weighted by Crippen LogP contribution is 2.10. The van der Waals surface area contributed by atoms with Gasteiger partial charge in [-0.25, -0.2) is 14.5 Å². The molecule has 0 fully saturated rings. The van der Waals surface area contributed by atoms with Crippen LogP contribution in [0.5, 0.6) is 6.01 Å². The van der Waals surface area contributed by atoms with E-state index < -0.39 is 11.9 Å². The maximum absolute atomic E-state index is 12.0. The lowest BCUT2D eigenvalue weighted by Gasteiger charge is -2.03. The summed E-state index contributed by atoms with van der Waals surface area (Å²) in [5, 5.41) is 6.39. The summed E-state index contributed by atoms with van der Waals surface area (Å²) in [5.41, 5.74) is 0.273. The van der Waals surface area contributed by atoms with Crippen LogP contribution in [0.4, 0.5) is 5.82 Å². The number of hydrogen-bond acceptors (Lipinski definition) is 7. The lowest BCUT2D eigenvalue weighted by molar-refractivity contribution is 0.0600. The third kappa shape index (κ3) is 3.14. The first-order valence-electron chi connectivity index (χ1n) is 5.86. The third-order valence-corrected chi connectivity index (χ3v) is 2.53. The van der Waals surface area contributed by atoms with Gasteiger partial charge in [-0.05, 0) is 12.1 Å². The summed E-state index contributed by atoms with van der Waals surface area (Å²) < 4.78 is 10.8. The maximum atomic E-state index is 12.0. The SMILES string of the molecule is COC(=O)c1ccnc(NC(=O)c2nc(OC)n(C)n2)c1. The van der Waals surface area contributed by atoms with Gasteiger partial charge in [0.2, 0.25) is 5.82 Å². The normalized spacial score (nSPS) is 10.0. The fourth-order valence-corrected chi connectivity index (χ4v) is 1.56. The van der Waals surface area contributed by atoms with Crippen LogP contribution in [0, 0.1) is 0 Å². The van der Waals surface area contributed by atoms with E-state index in [0.717, 1.165) is 0 Å². The Morgan fingerprint density at radius 3 is 2.71 bits per heavy atom. The maximum Gasteiger partial charge on any atom is 0.338 e. The van der Waals surface area contributed by atoms with E-state index >= 15 is 0 Å². The molecule has 1 amide bonds. The van der Waals surface area contributed by atoms with Gasteiger partial charge in [0.1, 0.15) is 5.82 Å². The minimum Gasteiger partial charge on any atom is -0.467 e. The highest BCUT2D eigenvalue weighted by molar-refractivity contribution is 6.01. The predicted octanol–water partition coefficient (Wildman–Crippen LogP) is 0.258. The van der Waals surface area contributed by atoms with Crippen molar-refractivity contribution in [1.29, 1.82) is 0 Å². The molecule has 0 aliphatic rings. The highest BCUT2D eigenvalue weighted by atomic mass is 16.5. The Morgan fingerprint density at radius 2 is 2.10 bits per heavy atom. The topological polar surface area (TPSA) is 108 Å². The molecule has 0 aliphatic heterocycles. The van der Waals surface area contributed by atoms with E-state index in [0.29, 0.717) is 0 Å². The van der Waals surface area contributed by atoms with Gasteiger partial charge in [-0.1, -0.05) is 0 Å². The molecule has 2 rings (SSSR count). The van der Waals surface area contributed by atoms with Gasteiger partial charge in [0.25, 0.3) is 5.91 Å². The molecular weight excluding hydrogens is 278 g/mol. The van der Waals surface area contributed by atoms with Gasteiger partial charge in [-0.2, -0.15) is 4.98 Å². The molecule has 21 heavy (non-hydrogen) atoms. The minimum atomic E-state index is -0.566. The summed E-state index contributed by atoms with van der Waals surface area (Å²) in [4.78, 5) is 31.2. The van der Waals surface area contributed by atoms with Gasteiger partial charge in [0.05, 0.1) is 19.8 Å². The Morgan fingerprint density at radius 1 is 1.33 bits per heavy atom. The number of esters is 1. The van der Waals surface area contributed by atoms with Crippen molar-refractivity contribution in [3.8, 4) is 6.01 Å². The summed E-state index contributed by atoms with van der Waals surface area (Å²) in [6.45, 7) is 0. The first-order chi connectivity index (χ1) is 10.0. The van der Waals surface area contributed by atoms with Crippen molar-refractivity contribution in [2.75, 3.05) is 19.5 Å². The molecule has 0 aliphatic carbocycles. The fourth-order valence-electron chi connectivity index (χ4n) is 1.56. The molecule has 110 valence electrons. The van der Waals surface area contributed by atoms with Crippen molar-refractivity contribution >= 4 is 17.7 Å². The van der Waals surface area contributed by atoms with E-state index in [2.05, 4.69) is 25.1 Å². The number of pyridine rings is 1. The number of nitrogens with zero attached hydrogens (tertiary/aromatic N) is 4. The summed E-state index contributed by atoms with van der Waals surface area (Å²) in [5.74, 6) is -0.970. The monoisotopic (exact) mass is 291 g/mol. The van der Waals surface area contributed by atoms with Crippen LogP contribution in [0.3, 0.4) is 0 Å². The molecule has 0 spiro atoms. The molecule has 9 nitrogen and oxygen atoms in total. The van der Waals surface area contributed by atoms with Crippen LogP contribution in [0.2, 0.25) is 0 Å². The molecule has 0 atom stereocenters. The molecule has 1 N–H and O–H groups in total. The number of amides is 1. The van der Waals surface area contributed by atoms with Crippen LogP contribution in [-0.2, 0) is 11.8 Å². The zero-order valence-corrected chi connectivity index (χ0v) is 11.7. The van der Waals surface area contributed by atoms with E-state index in [4.69, 9.17) is 4.74 Å². The van der Waals surface area contributed by atoms with Crippen molar-refractivity contribution in [2.24, 2.45) is 7.05 Å². The Balaban J connectivity index is 2.17. The molecule has 9 heteroatoms. The number of rotatable bonds is 4. The molecule has 0 radical (unpaired) electrons. The van der Waals surface area contributed by atoms with Gasteiger partial charge in [0.15, 0.2) is 0 Å². The Bertz CT molecular complexity index is 682. The molecule has 0 bridgehead atoms. The summed E-state index contributed by atoms with van der Waals surface area (Å²) in [7, 11) is 4.29. The number of aryl methyl sites for hydroxylation is 1. The predicted molar refractivity (Wildman–Crippen MR) is 71.1 cm³/mol. The Labute approximate surface area is 119 Å². The molecule has 2 aromatic rings. The fraction of sp³-hybridized carbons (Fsp3) is 0.250. The second kappa shape index (κ2) is 5.99. The zero-order valence-electron chi connectivity index (χ0n) is 11.7. The number of anilines is 1. The minimum absolute atomic E-state index is 0.0698. The largest absolute Gasteiger partial charge is 0.467 e. The second-order valence-electron chi connectivity index (χ2n) is 3.92. The molecule has 0 unspecified atom stereocenters. The van der Waals surface area contributed by atoms with Crippen LogP contribution in [0.1, 0.15) is 21.0 Å². The molecule has 2 aromatic heterocycles. The lowest BCUT2D eigenvalue weighted by Crippen LogP contribution is -2.15. The van der Waals surface area contributed by atoms with Gasteiger partial charge in [-0.3, -0.25) is 4.79 Å². The van der Waals surface area contributed by atoms with Gasteiger partial charge >= 0.3 is 12.0 Å². The average Bonchev–Trinajstić information content (AvgIpc) is 2.88. The van der Waals surface area contributed by atoms with Crippen molar-refractivity contribution < 1.29 is 19.1 Å². The standard InChI is InChI=1S/C12H13N5O4/c1-17-12(21-3)15-9(16-17)10(18)14-8-6-7(4-5-13-8)11(19)20-2/h4-6H,1-3H3,(H,13,14,18). The molecular formula is C12H13N5O4. The van der Waals surface area contributed by atoms with Crippen molar-refractivity contribution in [2.45, 2.75) is 0 Å². The number of nitrogens with one attached hydrogen (secondary N) is 1. The molecule has 2 heterocycles. The quantitative estimate of drug-likeness (QED) is 0.805. The number of methoxy groups -OCH3 is 2. The van der Waals surface area contributed by atoms with E-state index in [1.807, 2.05) is 0 Å². The van der Waals surface area contributed by atoms with E-state index in [1.54, 1.807) is 7.05 Å². The summed E-state index contributed by atoms with van der Waals surface area (Å²) in [6.07, 6.45) is 1.38. The average molecular weight is 291 g/mol. The van der Waals surface area contributed by atoms with E-state index in [-0.39, 0.29) is 23.2 Å². The van der Waals surface area contributed by atoms with Crippen LogP contribution < -0.4 is 10.1 Å². The first kappa shape index (κ1) is 14.4. The zero-order chi connectivity index (χ0) is 15.4. The lowest BCUT2D eigenvalue weighted by atomic mass is 10.2. The number of aromatic nitrogens is 4. The molecule has 0 aromatic carbocycles. The third-order valence-electron chi connectivity index (χ3n) is 2.53. The van der Waals surface area contributed by atoms with Crippen molar-refractivity contribution in [1.82, 2.24) is 19.7 Å². The number of carbonyl (C=O) groups excluding carboxylic acids is 2. The van der Waals surface area contributed by atoms with Crippen LogP contribution in [0.15, 0.2) is 18.3 Å². The Hall–Kier alpha value is -2.97. The molecule has 0 saturated heterocycles. The van der Waals surface area contributed by atoms with Crippen LogP contribution in [-0.4, -0.2) is 45.8 Å². The van der Waals surface area contributed by atoms with E-state index in [9.17, 15) is 9.59 Å². The summed E-state index contributed by atoms with van der Waals surface area (Å²) >= 11 is 0. The van der Waals surface area contributed by atoms with Gasteiger partial charge in [0, 0.05) is 13.2 Å². The van der Waals surface area contributed by atoms with Crippen LogP contribution in [0.25, 0.3) is 0 Å². The smallest absolute Gasteiger partial charge is 0.338 e. The second-order valence-corrected chi connectivity index (χ2v) is 3.92. The van der Waals surface area contributed by atoms with Crippen LogP contribution >= 0.6 is 0 Å². The highest BCUT2D eigenvalue weighted by Gasteiger charge is 2.16. The van der Waals surface area contributed by atoms with Crippen molar-refractivity contribution in [3.63, 3.8) is 0 Å². The number of hydrogen-bond donors (Lipinski definition) is 1. The first-order valence-corrected chi connectivity index (χ1v) is 5.86. The van der Waals surface area contributed by atoms with Gasteiger partial charge in [-0.15, -0.1) is 5.10 Å². The summed E-state index contributed by atoms with van der Waals surface area (Å²) in [6, 6.07) is 3.07. The Kier molecular flexibility index (Phi) is 4.12. The molecule has 0 saturated carbocycles.